The quantitative estimate of drug-likeness (QED) is 0.267. The lowest BCUT2D eigenvalue weighted by Crippen LogP contribution is -2.46. The number of methoxy groups -OCH3 is 1. The van der Waals surface area contributed by atoms with Crippen LogP contribution in [0.4, 0.5) is 26.3 Å². The molecule has 1 fully saturated rings. The summed E-state index contributed by atoms with van der Waals surface area (Å²) in [6.07, 6.45) is -6.32. The number of imidazole rings is 1. The molecule has 1 aliphatic rings. The number of aromatic nitrogens is 2. The molecule has 188 valence electrons. The summed E-state index contributed by atoms with van der Waals surface area (Å²) in [5.41, 5.74) is -2.05. The van der Waals surface area contributed by atoms with E-state index in [2.05, 4.69) is 9.97 Å². The number of carbonyl (C=O) groups is 1. The zero-order chi connectivity index (χ0) is 25.9. The third-order valence-corrected chi connectivity index (χ3v) is 6.52. The minimum absolute atomic E-state index is 0.00661. The largest absolute Gasteiger partial charge is 0.493 e. The van der Waals surface area contributed by atoms with E-state index < -0.39 is 64.4 Å². The number of benzene rings is 2. The van der Waals surface area contributed by atoms with Crippen molar-refractivity contribution in [3.05, 3.63) is 58.7 Å². The van der Waals surface area contributed by atoms with Crippen LogP contribution in [0, 0.1) is 23.4 Å². The first-order valence-electron chi connectivity index (χ1n) is 10.2. The lowest BCUT2D eigenvalue weighted by atomic mass is 9.77. The molecule has 13 heteroatoms. The summed E-state index contributed by atoms with van der Waals surface area (Å²) in [5.74, 6) is -8.11. The Morgan fingerprint density at radius 3 is 2.51 bits per heavy atom. The van der Waals surface area contributed by atoms with Gasteiger partial charge in [0.25, 0.3) is 5.91 Å². The van der Waals surface area contributed by atoms with E-state index in [4.69, 9.17) is 14.7 Å². The highest BCUT2D eigenvalue weighted by Gasteiger charge is 2.65. The smallest absolute Gasteiger partial charge is 0.417 e. The topological polar surface area (TPSA) is 96.5 Å². The van der Waals surface area contributed by atoms with Crippen molar-refractivity contribution in [2.24, 2.45) is 5.92 Å². The lowest BCUT2D eigenvalue weighted by Gasteiger charge is -2.32. The average molecular weight is 503 g/mol. The third kappa shape index (κ3) is 3.78. The van der Waals surface area contributed by atoms with Crippen molar-refractivity contribution in [2.45, 2.75) is 37.6 Å². The number of aromatic amines is 1. The van der Waals surface area contributed by atoms with Crippen LogP contribution in [0.2, 0.25) is 0 Å². The minimum atomic E-state index is -4.85. The van der Waals surface area contributed by atoms with Crippen LogP contribution in [0.3, 0.4) is 0 Å². The zero-order valence-electron chi connectivity index (χ0n) is 18.4. The van der Waals surface area contributed by atoms with Gasteiger partial charge in [0.2, 0.25) is 5.82 Å². The summed E-state index contributed by atoms with van der Waals surface area (Å²) in [5, 5.41) is 8.79. The summed E-state index contributed by atoms with van der Waals surface area (Å²) < 4.78 is 95.4. The number of nitrogens with one attached hydrogen (secondary N) is 2. The number of rotatable bonds is 4. The molecular weight excluding hydrogens is 484 g/mol. The maximum absolute atomic E-state index is 14.5. The molecule has 1 aromatic heterocycles. The highest BCUT2D eigenvalue weighted by molar-refractivity contribution is 5.97. The van der Waals surface area contributed by atoms with E-state index >= 15 is 0 Å². The normalized spacial score (nSPS) is 24.7. The average Bonchev–Trinajstić information content (AvgIpc) is 3.33. The number of carbonyl (C=O) groups excluding carboxylic acids is 1. The SMILES string of the molecule is COc1c([C@@H]2[C@H](c3nc4cc(C(=O)NO)c(F)cc4[nH]3)O[C@@](C)(C(F)(F)F)[C@H]2C)ccc(F)c1F. The molecule has 35 heavy (non-hydrogen) atoms. The Morgan fingerprint density at radius 1 is 1.23 bits per heavy atom. The van der Waals surface area contributed by atoms with Crippen LogP contribution in [-0.4, -0.2) is 40.0 Å². The van der Waals surface area contributed by atoms with Gasteiger partial charge in [0.05, 0.1) is 23.7 Å². The van der Waals surface area contributed by atoms with Gasteiger partial charge in [-0.3, -0.25) is 10.0 Å². The van der Waals surface area contributed by atoms with Crippen LogP contribution >= 0.6 is 0 Å². The number of hydrogen-bond acceptors (Lipinski definition) is 5. The monoisotopic (exact) mass is 503 g/mol. The molecule has 4 atom stereocenters. The number of fused-ring (bicyclic) bond motifs is 1. The molecule has 1 aliphatic heterocycles. The van der Waals surface area contributed by atoms with Gasteiger partial charge in [-0.25, -0.2) is 19.2 Å². The minimum Gasteiger partial charge on any atom is -0.493 e. The maximum Gasteiger partial charge on any atom is 0.417 e. The van der Waals surface area contributed by atoms with Crippen molar-refractivity contribution in [1.82, 2.24) is 15.4 Å². The zero-order valence-corrected chi connectivity index (χ0v) is 18.4. The number of hydrogen-bond donors (Lipinski definition) is 3. The van der Waals surface area contributed by atoms with Crippen LogP contribution in [0.1, 0.15) is 47.6 Å². The Bertz CT molecular complexity index is 1310. The second-order valence-electron chi connectivity index (χ2n) is 8.35. The van der Waals surface area contributed by atoms with Crippen molar-refractivity contribution in [1.29, 1.82) is 0 Å². The van der Waals surface area contributed by atoms with Crippen molar-refractivity contribution in [2.75, 3.05) is 7.11 Å². The van der Waals surface area contributed by atoms with Gasteiger partial charge in [-0.15, -0.1) is 0 Å². The van der Waals surface area contributed by atoms with Crippen molar-refractivity contribution >= 4 is 16.9 Å². The Kier molecular flexibility index (Phi) is 5.96. The molecule has 0 saturated carbocycles. The van der Waals surface area contributed by atoms with Crippen LogP contribution < -0.4 is 10.2 Å². The fraction of sp³-hybridized carbons (Fsp3) is 0.364. The summed E-state index contributed by atoms with van der Waals surface area (Å²) in [4.78, 5) is 18.5. The van der Waals surface area contributed by atoms with Crippen molar-refractivity contribution < 1.29 is 45.8 Å². The summed E-state index contributed by atoms with van der Waals surface area (Å²) in [6, 6.07) is 3.76. The molecule has 0 radical (unpaired) electrons. The highest BCUT2D eigenvalue weighted by atomic mass is 19.4. The molecule has 2 heterocycles. The van der Waals surface area contributed by atoms with Gasteiger partial charge >= 0.3 is 6.18 Å². The Balaban J connectivity index is 1.91. The van der Waals surface area contributed by atoms with Crippen LogP contribution in [0.25, 0.3) is 11.0 Å². The van der Waals surface area contributed by atoms with Crippen LogP contribution in [-0.2, 0) is 4.74 Å². The van der Waals surface area contributed by atoms with Crippen LogP contribution in [0.5, 0.6) is 5.75 Å². The molecule has 0 unspecified atom stereocenters. The van der Waals surface area contributed by atoms with E-state index in [0.29, 0.717) is 0 Å². The lowest BCUT2D eigenvalue weighted by molar-refractivity contribution is -0.275. The van der Waals surface area contributed by atoms with Crippen molar-refractivity contribution in [3.8, 4) is 5.75 Å². The number of hydroxylamine groups is 1. The first-order chi connectivity index (χ1) is 16.3. The fourth-order valence-corrected chi connectivity index (χ4v) is 4.47. The second kappa shape index (κ2) is 8.41. The van der Waals surface area contributed by atoms with Gasteiger partial charge in [-0.1, -0.05) is 13.0 Å². The Hall–Kier alpha value is -3.32. The maximum atomic E-state index is 14.5. The molecule has 1 amide bonds. The van der Waals surface area contributed by atoms with E-state index in [0.717, 1.165) is 38.3 Å². The highest BCUT2D eigenvalue weighted by Crippen LogP contribution is 2.59. The van der Waals surface area contributed by atoms with Gasteiger partial charge in [-0.05, 0) is 19.1 Å². The predicted octanol–water partition coefficient (Wildman–Crippen LogP) is 4.92. The van der Waals surface area contributed by atoms with Gasteiger partial charge in [0, 0.05) is 23.5 Å². The summed E-state index contributed by atoms with van der Waals surface area (Å²) >= 11 is 0. The molecule has 0 bridgehead atoms. The number of ether oxygens (including phenoxy) is 2. The molecule has 4 rings (SSSR count). The summed E-state index contributed by atoms with van der Waals surface area (Å²) in [6.45, 7) is 2.09. The van der Waals surface area contributed by atoms with Crippen molar-refractivity contribution in [3.63, 3.8) is 0 Å². The molecule has 2 aromatic carbocycles. The molecule has 3 N–H and O–H groups in total. The standard InChI is InChI=1S/C22H19F6N3O4/c1-8-15(9-4-5-11(23)16(25)17(9)34-3)18(35-21(8,2)22(26,27)28)19-29-13-6-10(20(32)31-33)12(24)7-14(13)30-19/h4-8,15,18,33H,1-3H3,(H,29,30)(H,31,32)/t8-,15+,18+,21+/m0/s1. The third-order valence-electron chi connectivity index (χ3n) is 6.52. The number of H-pyrrole nitrogens is 1. The van der Waals surface area contributed by atoms with E-state index in [9.17, 15) is 31.1 Å². The fourth-order valence-electron chi connectivity index (χ4n) is 4.47. The predicted molar refractivity (Wildman–Crippen MR) is 108 cm³/mol. The number of nitrogens with zero attached hydrogens (tertiary/aromatic N) is 1. The summed E-state index contributed by atoms with van der Waals surface area (Å²) in [7, 11) is 1.05. The molecule has 0 aliphatic carbocycles. The van der Waals surface area contributed by atoms with Gasteiger partial charge in [0.1, 0.15) is 17.7 Å². The number of alkyl halides is 3. The van der Waals surface area contributed by atoms with E-state index in [1.54, 1.807) is 0 Å². The first-order valence-corrected chi connectivity index (χ1v) is 10.2. The van der Waals surface area contributed by atoms with Crippen LogP contribution in [0.15, 0.2) is 24.3 Å². The molecule has 7 nitrogen and oxygen atoms in total. The molecule has 3 aromatic rings. The van der Waals surface area contributed by atoms with E-state index in [1.807, 2.05) is 0 Å². The van der Waals surface area contributed by atoms with E-state index in [1.165, 1.54) is 12.4 Å². The Labute approximate surface area is 194 Å². The Morgan fingerprint density at radius 2 is 1.91 bits per heavy atom. The number of halogens is 6. The van der Waals surface area contributed by atoms with Gasteiger partial charge in [0.15, 0.2) is 17.2 Å². The van der Waals surface area contributed by atoms with Gasteiger partial charge in [-0.2, -0.15) is 17.6 Å². The molecule has 1 saturated heterocycles. The van der Waals surface area contributed by atoms with E-state index in [-0.39, 0.29) is 22.4 Å². The molecule has 0 spiro atoms. The second-order valence-corrected chi connectivity index (χ2v) is 8.35. The molecular formula is C22H19F6N3O4. The first kappa shape index (κ1) is 24.8. The number of amides is 1. The van der Waals surface area contributed by atoms with Gasteiger partial charge < -0.3 is 14.5 Å².